The SMILES string of the molecule is CCCn1nnnc1COC(=O)CSc1ccc(Br)cc1C. The Hall–Kier alpha value is -1.41. The molecular formula is C14H17BrN4O2S. The maximum absolute atomic E-state index is 11.8. The van der Waals surface area contributed by atoms with E-state index in [4.69, 9.17) is 4.74 Å². The number of esters is 1. The Labute approximate surface area is 141 Å². The summed E-state index contributed by atoms with van der Waals surface area (Å²) in [4.78, 5) is 12.9. The van der Waals surface area contributed by atoms with Crippen molar-refractivity contribution in [2.45, 2.75) is 38.3 Å². The highest BCUT2D eigenvalue weighted by atomic mass is 79.9. The van der Waals surface area contributed by atoms with Crippen molar-refractivity contribution in [3.05, 3.63) is 34.1 Å². The van der Waals surface area contributed by atoms with E-state index in [9.17, 15) is 4.79 Å². The highest BCUT2D eigenvalue weighted by Crippen LogP contribution is 2.25. The van der Waals surface area contributed by atoms with Gasteiger partial charge in [0.2, 0.25) is 0 Å². The molecule has 0 radical (unpaired) electrons. The van der Waals surface area contributed by atoms with E-state index >= 15 is 0 Å². The molecule has 0 atom stereocenters. The minimum atomic E-state index is -0.279. The van der Waals surface area contributed by atoms with Crippen LogP contribution in [0.2, 0.25) is 0 Å². The van der Waals surface area contributed by atoms with Gasteiger partial charge in [0.1, 0.15) is 0 Å². The Bertz CT molecular complexity index is 648. The van der Waals surface area contributed by atoms with Crippen molar-refractivity contribution in [2.75, 3.05) is 5.75 Å². The average Bonchev–Trinajstić information content (AvgIpc) is 2.92. The fourth-order valence-corrected chi connectivity index (χ4v) is 3.09. The Morgan fingerprint density at radius 2 is 2.27 bits per heavy atom. The summed E-state index contributed by atoms with van der Waals surface area (Å²) in [6.07, 6.45) is 0.921. The third-order valence-corrected chi connectivity index (χ3v) is 4.53. The number of aromatic nitrogens is 4. The number of ether oxygens (including phenoxy) is 1. The molecule has 0 bridgehead atoms. The van der Waals surface area contributed by atoms with E-state index in [-0.39, 0.29) is 18.3 Å². The molecule has 0 spiro atoms. The Balaban J connectivity index is 1.81. The zero-order valence-electron chi connectivity index (χ0n) is 12.5. The molecule has 2 rings (SSSR count). The van der Waals surface area contributed by atoms with E-state index in [0.29, 0.717) is 12.4 Å². The van der Waals surface area contributed by atoms with Gasteiger partial charge in [-0.1, -0.05) is 22.9 Å². The standard InChI is InChI=1S/C14H17BrN4O2S/c1-3-6-19-13(16-17-18-19)8-21-14(20)9-22-12-5-4-11(15)7-10(12)2/h4-5,7H,3,6,8-9H2,1-2H3. The van der Waals surface area contributed by atoms with Crippen LogP contribution < -0.4 is 0 Å². The Morgan fingerprint density at radius 3 is 3.00 bits per heavy atom. The summed E-state index contributed by atoms with van der Waals surface area (Å²) in [6.45, 7) is 4.87. The van der Waals surface area contributed by atoms with Gasteiger partial charge < -0.3 is 4.74 Å². The highest BCUT2D eigenvalue weighted by molar-refractivity contribution is 9.10. The van der Waals surface area contributed by atoms with Crippen molar-refractivity contribution in [1.82, 2.24) is 20.2 Å². The summed E-state index contributed by atoms with van der Waals surface area (Å²) in [7, 11) is 0. The number of carbonyl (C=O) groups excluding carboxylic acids is 1. The second kappa shape index (κ2) is 8.28. The van der Waals surface area contributed by atoms with Crippen LogP contribution in [0.25, 0.3) is 0 Å². The van der Waals surface area contributed by atoms with Crippen molar-refractivity contribution in [3.8, 4) is 0 Å². The molecule has 0 unspecified atom stereocenters. The summed E-state index contributed by atoms with van der Waals surface area (Å²) in [5.74, 6) is 0.552. The summed E-state index contributed by atoms with van der Waals surface area (Å²) in [5.41, 5.74) is 1.12. The van der Waals surface area contributed by atoms with Gasteiger partial charge in [-0.2, -0.15) is 0 Å². The van der Waals surface area contributed by atoms with Gasteiger partial charge >= 0.3 is 5.97 Å². The van der Waals surface area contributed by atoms with E-state index in [2.05, 4.69) is 31.5 Å². The van der Waals surface area contributed by atoms with Gasteiger partial charge in [0, 0.05) is 15.9 Å². The van der Waals surface area contributed by atoms with Crippen molar-refractivity contribution in [3.63, 3.8) is 0 Å². The number of rotatable bonds is 7. The van der Waals surface area contributed by atoms with E-state index in [1.54, 1.807) is 4.68 Å². The molecule has 6 nitrogen and oxygen atoms in total. The zero-order valence-corrected chi connectivity index (χ0v) is 14.9. The lowest BCUT2D eigenvalue weighted by molar-refractivity contribution is -0.142. The van der Waals surface area contributed by atoms with E-state index in [1.807, 2.05) is 32.0 Å². The number of aryl methyl sites for hydroxylation is 2. The Kier molecular flexibility index (Phi) is 6.38. The van der Waals surface area contributed by atoms with Gasteiger partial charge in [-0.25, -0.2) is 4.68 Å². The first-order chi connectivity index (χ1) is 10.6. The van der Waals surface area contributed by atoms with Gasteiger partial charge in [-0.3, -0.25) is 4.79 Å². The van der Waals surface area contributed by atoms with Gasteiger partial charge in [0.25, 0.3) is 0 Å². The first-order valence-electron chi connectivity index (χ1n) is 6.89. The fourth-order valence-electron chi connectivity index (χ4n) is 1.81. The smallest absolute Gasteiger partial charge is 0.316 e. The number of carbonyl (C=O) groups is 1. The second-order valence-electron chi connectivity index (χ2n) is 4.68. The largest absolute Gasteiger partial charge is 0.457 e. The number of hydrogen-bond acceptors (Lipinski definition) is 6. The molecule has 1 heterocycles. The quantitative estimate of drug-likeness (QED) is 0.539. The predicted octanol–water partition coefficient (Wildman–Crippen LogP) is 2.99. The maximum Gasteiger partial charge on any atom is 0.316 e. The van der Waals surface area contributed by atoms with Crippen molar-refractivity contribution in [2.24, 2.45) is 0 Å². The van der Waals surface area contributed by atoms with Crippen LogP contribution in [0.5, 0.6) is 0 Å². The number of hydrogen-bond donors (Lipinski definition) is 0. The lowest BCUT2D eigenvalue weighted by Gasteiger charge is -2.07. The maximum atomic E-state index is 11.8. The summed E-state index contributed by atoms with van der Waals surface area (Å²) >= 11 is 4.88. The minimum absolute atomic E-state index is 0.103. The molecule has 0 saturated heterocycles. The molecule has 22 heavy (non-hydrogen) atoms. The molecule has 1 aromatic heterocycles. The summed E-state index contributed by atoms with van der Waals surface area (Å²) < 4.78 is 7.91. The molecule has 0 aliphatic rings. The molecule has 1 aromatic carbocycles. The average molecular weight is 385 g/mol. The molecule has 118 valence electrons. The molecule has 2 aromatic rings. The molecule has 0 aliphatic heterocycles. The number of thioether (sulfide) groups is 1. The number of nitrogens with zero attached hydrogens (tertiary/aromatic N) is 4. The fraction of sp³-hybridized carbons (Fsp3) is 0.429. The minimum Gasteiger partial charge on any atom is -0.457 e. The van der Waals surface area contributed by atoms with Crippen LogP contribution in [0.1, 0.15) is 24.7 Å². The van der Waals surface area contributed by atoms with Gasteiger partial charge in [0.05, 0.1) is 5.75 Å². The number of halogens is 1. The third kappa shape index (κ3) is 4.81. The molecule has 0 fully saturated rings. The zero-order chi connectivity index (χ0) is 15.9. The van der Waals surface area contributed by atoms with Crippen molar-refractivity contribution < 1.29 is 9.53 Å². The van der Waals surface area contributed by atoms with Gasteiger partial charge in [-0.05, 0) is 47.5 Å². The van der Waals surface area contributed by atoms with Crippen LogP contribution in [-0.4, -0.2) is 31.9 Å². The lowest BCUT2D eigenvalue weighted by Crippen LogP contribution is -2.12. The topological polar surface area (TPSA) is 69.9 Å². The van der Waals surface area contributed by atoms with Crippen LogP contribution in [0.15, 0.2) is 27.6 Å². The normalized spacial score (nSPS) is 10.7. The first kappa shape index (κ1) is 17.0. The first-order valence-corrected chi connectivity index (χ1v) is 8.67. The number of tetrazole rings is 1. The van der Waals surface area contributed by atoms with Gasteiger partial charge in [-0.15, -0.1) is 16.9 Å². The summed E-state index contributed by atoms with van der Waals surface area (Å²) in [6, 6.07) is 5.96. The molecule has 0 aliphatic carbocycles. The van der Waals surface area contributed by atoms with Crippen LogP contribution in [0.4, 0.5) is 0 Å². The molecule has 0 amide bonds. The predicted molar refractivity (Wildman–Crippen MR) is 87.5 cm³/mol. The van der Waals surface area contributed by atoms with Crippen LogP contribution in [0, 0.1) is 6.92 Å². The van der Waals surface area contributed by atoms with Crippen molar-refractivity contribution in [1.29, 1.82) is 0 Å². The molecular weight excluding hydrogens is 368 g/mol. The molecule has 0 N–H and O–H groups in total. The van der Waals surface area contributed by atoms with Crippen molar-refractivity contribution >= 4 is 33.7 Å². The third-order valence-electron chi connectivity index (χ3n) is 2.89. The van der Waals surface area contributed by atoms with E-state index in [1.165, 1.54) is 11.8 Å². The van der Waals surface area contributed by atoms with E-state index in [0.717, 1.165) is 21.4 Å². The van der Waals surface area contributed by atoms with Crippen LogP contribution >= 0.6 is 27.7 Å². The molecule has 0 saturated carbocycles. The monoisotopic (exact) mass is 384 g/mol. The van der Waals surface area contributed by atoms with Crippen LogP contribution in [0.3, 0.4) is 0 Å². The molecule has 8 heteroatoms. The highest BCUT2D eigenvalue weighted by Gasteiger charge is 2.10. The second-order valence-corrected chi connectivity index (χ2v) is 6.61. The van der Waals surface area contributed by atoms with Gasteiger partial charge in [0.15, 0.2) is 12.4 Å². The van der Waals surface area contributed by atoms with Crippen LogP contribution in [-0.2, 0) is 22.7 Å². The Morgan fingerprint density at radius 1 is 1.45 bits per heavy atom. The number of benzene rings is 1. The summed E-state index contributed by atoms with van der Waals surface area (Å²) in [5, 5.41) is 11.3. The van der Waals surface area contributed by atoms with E-state index < -0.39 is 0 Å². The lowest BCUT2D eigenvalue weighted by atomic mass is 10.2.